The van der Waals surface area contributed by atoms with Gasteiger partial charge in [-0.2, -0.15) is 4.99 Å². The smallest absolute Gasteiger partial charge is 0.325 e. The van der Waals surface area contributed by atoms with E-state index in [1.807, 2.05) is 12.1 Å². The minimum absolute atomic E-state index is 0.138. The van der Waals surface area contributed by atoms with Crippen LogP contribution in [0.1, 0.15) is 23.2 Å². The second kappa shape index (κ2) is 8.75. The van der Waals surface area contributed by atoms with E-state index in [0.717, 1.165) is 9.60 Å². The number of imide groups is 1. The molecular weight excluding hydrogens is 434 g/mol. The third-order valence-electron chi connectivity index (χ3n) is 5.02. The lowest BCUT2D eigenvalue weighted by Gasteiger charge is -2.13. The van der Waals surface area contributed by atoms with E-state index in [1.54, 1.807) is 22.8 Å². The Kier molecular flexibility index (Phi) is 5.87. The van der Waals surface area contributed by atoms with Crippen molar-refractivity contribution in [3.63, 3.8) is 0 Å². The van der Waals surface area contributed by atoms with Crippen LogP contribution in [0.5, 0.6) is 5.75 Å². The van der Waals surface area contributed by atoms with Crippen molar-refractivity contribution in [1.82, 2.24) is 4.57 Å². The molecule has 3 amide bonds. The lowest BCUT2D eigenvalue weighted by molar-refractivity contribution is -0.141. The van der Waals surface area contributed by atoms with Gasteiger partial charge in [0.25, 0.3) is 5.91 Å². The molecule has 2 heterocycles. The van der Waals surface area contributed by atoms with E-state index in [-0.39, 0.29) is 36.8 Å². The Morgan fingerprint density at radius 3 is 2.34 bits per heavy atom. The van der Waals surface area contributed by atoms with Gasteiger partial charge in [-0.1, -0.05) is 17.4 Å². The molecule has 32 heavy (non-hydrogen) atoms. The fourth-order valence-electron chi connectivity index (χ4n) is 3.46. The van der Waals surface area contributed by atoms with Gasteiger partial charge in [0.2, 0.25) is 11.8 Å². The summed E-state index contributed by atoms with van der Waals surface area (Å²) in [5, 5.41) is 0. The van der Waals surface area contributed by atoms with Crippen molar-refractivity contribution >= 4 is 50.9 Å². The molecule has 0 N–H and O–H groups in total. The van der Waals surface area contributed by atoms with Gasteiger partial charge in [-0.05, 0) is 36.4 Å². The Morgan fingerprint density at radius 2 is 1.72 bits per heavy atom. The fourth-order valence-corrected chi connectivity index (χ4v) is 4.50. The number of hydrogen-bond donors (Lipinski definition) is 0. The summed E-state index contributed by atoms with van der Waals surface area (Å²) in [4.78, 5) is 54.3. The first-order valence-electron chi connectivity index (χ1n) is 9.71. The lowest BCUT2D eigenvalue weighted by atomic mass is 10.2. The predicted octanol–water partition coefficient (Wildman–Crippen LogP) is 2.28. The zero-order valence-corrected chi connectivity index (χ0v) is 18.2. The average Bonchev–Trinajstić information content (AvgIpc) is 3.32. The number of carbonyl (C=O) groups excluding carboxylic acids is 4. The second-order valence-corrected chi connectivity index (χ2v) is 7.95. The van der Waals surface area contributed by atoms with Crippen LogP contribution in [-0.2, 0) is 25.7 Å². The summed E-state index contributed by atoms with van der Waals surface area (Å²) < 4.78 is 12.6. The van der Waals surface area contributed by atoms with E-state index in [9.17, 15) is 19.2 Å². The van der Waals surface area contributed by atoms with E-state index in [0.29, 0.717) is 21.8 Å². The quantitative estimate of drug-likeness (QED) is 0.433. The Morgan fingerprint density at radius 1 is 1.03 bits per heavy atom. The third-order valence-corrected chi connectivity index (χ3v) is 6.06. The fraction of sp³-hybridized carbons (Fsp3) is 0.227. The Bertz CT molecular complexity index is 1290. The van der Waals surface area contributed by atoms with Crippen LogP contribution in [0.25, 0.3) is 10.2 Å². The number of aromatic nitrogens is 1. The molecule has 10 heteroatoms. The highest BCUT2D eigenvalue weighted by molar-refractivity contribution is 7.16. The van der Waals surface area contributed by atoms with Crippen LogP contribution in [0.4, 0.5) is 5.69 Å². The molecule has 0 atom stereocenters. The van der Waals surface area contributed by atoms with Crippen molar-refractivity contribution in [2.75, 3.05) is 19.1 Å². The van der Waals surface area contributed by atoms with Crippen LogP contribution < -0.4 is 14.4 Å². The molecule has 0 aliphatic carbocycles. The monoisotopic (exact) mass is 453 g/mol. The van der Waals surface area contributed by atoms with Gasteiger partial charge < -0.3 is 14.0 Å². The highest BCUT2D eigenvalue weighted by Crippen LogP contribution is 2.27. The van der Waals surface area contributed by atoms with Gasteiger partial charge in [0.05, 0.1) is 24.6 Å². The average molecular weight is 453 g/mol. The molecule has 2 aromatic carbocycles. The number of rotatable bonds is 5. The zero-order chi connectivity index (χ0) is 22.8. The number of hydrogen-bond acceptors (Lipinski definition) is 7. The summed E-state index contributed by atoms with van der Waals surface area (Å²) in [7, 11) is 2.81. The van der Waals surface area contributed by atoms with Crippen LogP contribution in [0.2, 0.25) is 0 Å². The number of benzene rings is 2. The molecule has 3 aromatic rings. The van der Waals surface area contributed by atoms with Crippen molar-refractivity contribution < 1.29 is 28.7 Å². The predicted molar refractivity (Wildman–Crippen MR) is 116 cm³/mol. The second-order valence-electron chi connectivity index (χ2n) is 6.94. The molecule has 1 saturated heterocycles. The van der Waals surface area contributed by atoms with Crippen LogP contribution >= 0.6 is 11.3 Å². The first-order valence-corrected chi connectivity index (χ1v) is 10.5. The molecule has 1 fully saturated rings. The third kappa shape index (κ3) is 3.92. The molecular formula is C22H19N3O6S. The van der Waals surface area contributed by atoms with Gasteiger partial charge in [0.1, 0.15) is 17.8 Å². The molecule has 164 valence electrons. The number of ether oxygens (including phenoxy) is 2. The van der Waals surface area contributed by atoms with Crippen molar-refractivity contribution in [2.24, 2.45) is 4.99 Å². The molecule has 0 bridgehead atoms. The number of esters is 1. The highest BCUT2D eigenvalue weighted by atomic mass is 32.1. The van der Waals surface area contributed by atoms with Crippen LogP contribution in [0.3, 0.4) is 0 Å². The van der Waals surface area contributed by atoms with Gasteiger partial charge in [0.15, 0.2) is 4.80 Å². The maximum absolute atomic E-state index is 12.8. The van der Waals surface area contributed by atoms with Crippen molar-refractivity contribution in [2.45, 2.75) is 19.4 Å². The lowest BCUT2D eigenvalue weighted by Crippen LogP contribution is -2.28. The summed E-state index contributed by atoms with van der Waals surface area (Å²) >= 11 is 1.24. The molecule has 4 rings (SSSR count). The van der Waals surface area contributed by atoms with Crippen molar-refractivity contribution in [1.29, 1.82) is 0 Å². The number of fused-ring (bicyclic) bond motifs is 1. The Hall–Kier alpha value is -3.79. The molecule has 1 aliphatic heterocycles. The Labute approximate surface area is 186 Å². The largest absolute Gasteiger partial charge is 0.495 e. The molecule has 0 spiro atoms. The van der Waals surface area contributed by atoms with E-state index in [1.165, 1.54) is 37.7 Å². The van der Waals surface area contributed by atoms with Gasteiger partial charge in [0, 0.05) is 18.4 Å². The summed E-state index contributed by atoms with van der Waals surface area (Å²) in [6.07, 6.45) is 0.370. The van der Waals surface area contributed by atoms with Crippen LogP contribution in [-0.4, -0.2) is 42.5 Å². The number of para-hydroxylation sites is 1. The SMILES string of the molecule is COC(=O)Cn1c(=NC(=O)c2ccc(N3C(=O)CCC3=O)cc2)sc2cccc(OC)c21. The van der Waals surface area contributed by atoms with Gasteiger partial charge in [-0.3, -0.25) is 24.1 Å². The summed E-state index contributed by atoms with van der Waals surface area (Å²) in [5.74, 6) is -1.00. The molecule has 0 radical (unpaired) electrons. The summed E-state index contributed by atoms with van der Waals surface area (Å²) in [5.41, 5.74) is 1.33. The number of anilines is 1. The van der Waals surface area contributed by atoms with Crippen LogP contribution in [0, 0.1) is 0 Å². The van der Waals surface area contributed by atoms with E-state index >= 15 is 0 Å². The standard InChI is InChI=1S/C22H19N3O6S/c1-30-15-4-3-5-16-20(15)24(12-19(28)31-2)22(32-16)23-21(29)13-6-8-14(9-7-13)25-17(26)10-11-18(25)27/h3-9H,10-12H2,1-2H3. The molecule has 9 nitrogen and oxygen atoms in total. The topological polar surface area (TPSA) is 107 Å². The number of amides is 3. The minimum Gasteiger partial charge on any atom is -0.495 e. The summed E-state index contributed by atoms with van der Waals surface area (Å²) in [6, 6.07) is 11.5. The van der Waals surface area contributed by atoms with E-state index < -0.39 is 11.9 Å². The number of thiazole rings is 1. The number of methoxy groups -OCH3 is 2. The first-order chi connectivity index (χ1) is 15.4. The molecule has 1 aliphatic rings. The molecule has 1 aromatic heterocycles. The highest BCUT2D eigenvalue weighted by Gasteiger charge is 2.30. The van der Waals surface area contributed by atoms with E-state index in [4.69, 9.17) is 9.47 Å². The van der Waals surface area contributed by atoms with Crippen molar-refractivity contribution in [3.8, 4) is 5.75 Å². The Balaban J connectivity index is 1.73. The van der Waals surface area contributed by atoms with Crippen molar-refractivity contribution in [3.05, 3.63) is 52.8 Å². The van der Waals surface area contributed by atoms with Gasteiger partial charge >= 0.3 is 5.97 Å². The van der Waals surface area contributed by atoms with Gasteiger partial charge in [-0.25, -0.2) is 0 Å². The normalized spacial score (nSPS) is 14.3. The number of nitrogens with zero attached hydrogens (tertiary/aromatic N) is 3. The first kappa shape index (κ1) is 21.4. The van der Waals surface area contributed by atoms with Crippen LogP contribution in [0.15, 0.2) is 47.5 Å². The number of carbonyl (C=O) groups is 4. The van der Waals surface area contributed by atoms with E-state index in [2.05, 4.69) is 4.99 Å². The minimum atomic E-state index is -0.528. The van der Waals surface area contributed by atoms with Gasteiger partial charge in [-0.15, -0.1) is 0 Å². The maximum atomic E-state index is 12.8. The zero-order valence-electron chi connectivity index (χ0n) is 17.4. The molecule has 0 saturated carbocycles. The maximum Gasteiger partial charge on any atom is 0.325 e. The molecule has 0 unspecified atom stereocenters. The summed E-state index contributed by atoms with van der Waals surface area (Å²) in [6.45, 7) is -0.138.